The molecule has 1 aliphatic rings. The van der Waals surface area contributed by atoms with Crippen LogP contribution in [-0.2, 0) is 26.2 Å². The lowest BCUT2D eigenvalue weighted by Gasteiger charge is -2.34. The molecule has 10 heteroatoms. The van der Waals surface area contributed by atoms with Crippen molar-refractivity contribution in [1.82, 2.24) is 10.2 Å². The van der Waals surface area contributed by atoms with Crippen LogP contribution in [0.5, 0.6) is 0 Å². The second-order valence-electron chi connectivity index (χ2n) is 10.7. The van der Waals surface area contributed by atoms with Crippen LogP contribution >= 0.6 is 23.2 Å². The first-order valence-electron chi connectivity index (χ1n) is 14.3. The van der Waals surface area contributed by atoms with Gasteiger partial charge in [0.15, 0.2) is 0 Å². The molecule has 3 aromatic rings. The Morgan fingerprint density at radius 2 is 1.57 bits per heavy atom. The van der Waals surface area contributed by atoms with Gasteiger partial charge < -0.3 is 10.2 Å². The summed E-state index contributed by atoms with van der Waals surface area (Å²) in [7, 11) is -4.15. The van der Waals surface area contributed by atoms with Gasteiger partial charge in [-0.05, 0) is 74.2 Å². The molecular weight excluding hydrogens is 593 g/mol. The summed E-state index contributed by atoms with van der Waals surface area (Å²) in [6.45, 7) is 3.24. The average molecular weight is 631 g/mol. The third-order valence-corrected chi connectivity index (χ3v) is 10.0. The van der Waals surface area contributed by atoms with Crippen molar-refractivity contribution in [2.24, 2.45) is 0 Å². The van der Waals surface area contributed by atoms with Gasteiger partial charge in [-0.15, -0.1) is 0 Å². The zero-order valence-electron chi connectivity index (χ0n) is 23.9. The van der Waals surface area contributed by atoms with Gasteiger partial charge in [0, 0.05) is 22.6 Å². The molecule has 0 heterocycles. The van der Waals surface area contributed by atoms with Crippen molar-refractivity contribution < 1.29 is 18.0 Å². The molecule has 0 unspecified atom stereocenters. The van der Waals surface area contributed by atoms with E-state index in [2.05, 4.69) is 5.32 Å². The zero-order valence-corrected chi connectivity index (χ0v) is 26.3. The molecule has 0 radical (unpaired) electrons. The number of nitrogens with one attached hydrogen (secondary N) is 1. The van der Waals surface area contributed by atoms with Gasteiger partial charge in [0.2, 0.25) is 11.8 Å². The van der Waals surface area contributed by atoms with E-state index in [1.54, 1.807) is 54.6 Å². The van der Waals surface area contributed by atoms with Gasteiger partial charge in [-0.1, -0.05) is 85.3 Å². The average Bonchev–Trinajstić information content (AvgIpc) is 2.98. The quantitative estimate of drug-likeness (QED) is 0.254. The molecule has 42 heavy (non-hydrogen) atoms. The van der Waals surface area contributed by atoms with Crippen molar-refractivity contribution >= 4 is 50.7 Å². The highest BCUT2D eigenvalue weighted by molar-refractivity contribution is 7.92. The number of amides is 2. The maximum absolute atomic E-state index is 14.2. The van der Waals surface area contributed by atoms with Gasteiger partial charge in [0.1, 0.15) is 12.6 Å². The number of carbonyl (C=O) groups excluding carboxylic acids is 2. The minimum atomic E-state index is -4.15. The van der Waals surface area contributed by atoms with Crippen molar-refractivity contribution in [3.63, 3.8) is 0 Å². The van der Waals surface area contributed by atoms with Gasteiger partial charge in [-0.2, -0.15) is 0 Å². The van der Waals surface area contributed by atoms with Crippen LogP contribution in [0.4, 0.5) is 5.69 Å². The third-order valence-electron chi connectivity index (χ3n) is 7.64. The lowest BCUT2D eigenvalue weighted by molar-refractivity contribution is -0.140. The summed E-state index contributed by atoms with van der Waals surface area (Å²) in [5.74, 6) is -0.768. The zero-order chi connectivity index (χ0) is 30.3. The first-order valence-corrected chi connectivity index (χ1v) is 16.5. The Labute approximate surface area is 258 Å². The second-order valence-corrected chi connectivity index (χ2v) is 13.4. The SMILES string of the molecule is CC[C@@H](C(=O)NC1CCCCC1)N(Cc1ccccc1Cl)C(=O)CN(c1ccc(Cl)cc1)S(=O)(=O)c1ccc(C)cc1. The minimum Gasteiger partial charge on any atom is -0.352 e. The molecule has 7 nitrogen and oxygen atoms in total. The van der Waals surface area contributed by atoms with E-state index in [4.69, 9.17) is 23.2 Å². The van der Waals surface area contributed by atoms with Crippen LogP contribution in [0.3, 0.4) is 0 Å². The van der Waals surface area contributed by atoms with Crippen molar-refractivity contribution in [2.45, 2.75) is 75.9 Å². The number of hydrogen-bond acceptors (Lipinski definition) is 4. The summed E-state index contributed by atoms with van der Waals surface area (Å²) in [6.07, 6.45) is 5.41. The fraction of sp³-hybridized carbons (Fsp3) is 0.375. The predicted octanol–water partition coefficient (Wildman–Crippen LogP) is 6.75. The van der Waals surface area contributed by atoms with Gasteiger partial charge in [-0.25, -0.2) is 8.42 Å². The first-order chi connectivity index (χ1) is 20.1. The molecule has 1 N–H and O–H groups in total. The summed E-state index contributed by atoms with van der Waals surface area (Å²) in [5, 5.41) is 4.04. The van der Waals surface area contributed by atoms with E-state index in [0.29, 0.717) is 22.0 Å². The Morgan fingerprint density at radius 1 is 0.929 bits per heavy atom. The number of rotatable bonds is 11. The van der Waals surface area contributed by atoms with Crippen molar-refractivity contribution in [2.75, 3.05) is 10.8 Å². The number of aryl methyl sites for hydroxylation is 1. The molecule has 0 bridgehead atoms. The number of hydrogen-bond donors (Lipinski definition) is 1. The van der Waals surface area contributed by atoms with Crippen LogP contribution in [0.15, 0.2) is 77.7 Å². The summed E-state index contributed by atoms with van der Waals surface area (Å²) < 4.78 is 29.0. The van der Waals surface area contributed by atoms with Crippen LogP contribution in [0.2, 0.25) is 10.0 Å². The monoisotopic (exact) mass is 629 g/mol. The Bertz CT molecular complexity index is 1470. The molecule has 1 saturated carbocycles. The Hall–Kier alpha value is -3.07. The molecule has 2 amide bonds. The molecule has 0 aromatic heterocycles. The Balaban J connectivity index is 1.71. The number of nitrogens with zero attached hydrogens (tertiary/aromatic N) is 2. The molecule has 1 atom stereocenters. The summed E-state index contributed by atoms with van der Waals surface area (Å²) in [4.78, 5) is 29.3. The summed E-state index contributed by atoms with van der Waals surface area (Å²) in [5.41, 5.74) is 1.85. The standard InChI is InChI=1S/C32H37Cl2N3O4S/c1-3-30(32(39)35-26-10-5-4-6-11-26)36(21-24-9-7-8-12-29(24)34)31(38)22-37(27-17-15-25(33)16-18-27)42(40,41)28-19-13-23(2)14-20-28/h7-9,12-20,26,30H,3-6,10-11,21-22H2,1-2H3,(H,35,39)/t30-/m0/s1. The van der Waals surface area contributed by atoms with E-state index in [9.17, 15) is 18.0 Å². The number of benzene rings is 3. The highest BCUT2D eigenvalue weighted by atomic mass is 35.5. The number of sulfonamides is 1. The fourth-order valence-electron chi connectivity index (χ4n) is 5.25. The van der Waals surface area contributed by atoms with Crippen LogP contribution in [0.25, 0.3) is 0 Å². The maximum Gasteiger partial charge on any atom is 0.264 e. The number of carbonyl (C=O) groups is 2. The molecule has 0 aliphatic heterocycles. The van der Waals surface area contributed by atoms with Crippen molar-refractivity contribution in [3.8, 4) is 0 Å². The highest BCUT2D eigenvalue weighted by Gasteiger charge is 2.34. The molecule has 224 valence electrons. The van der Waals surface area contributed by atoms with E-state index >= 15 is 0 Å². The molecule has 1 fully saturated rings. The number of halogens is 2. The van der Waals surface area contributed by atoms with Gasteiger partial charge in [-0.3, -0.25) is 13.9 Å². The molecule has 1 aliphatic carbocycles. The van der Waals surface area contributed by atoms with Gasteiger partial charge >= 0.3 is 0 Å². The van der Waals surface area contributed by atoms with Crippen LogP contribution in [-0.4, -0.2) is 43.8 Å². The van der Waals surface area contributed by atoms with Crippen LogP contribution in [0.1, 0.15) is 56.6 Å². The summed E-state index contributed by atoms with van der Waals surface area (Å²) >= 11 is 12.6. The largest absolute Gasteiger partial charge is 0.352 e. The Kier molecular flexibility index (Phi) is 10.9. The van der Waals surface area contributed by atoms with E-state index in [0.717, 1.165) is 42.0 Å². The molecule has 0 saturated heterocycles. The van der Waals surface area contributed by atoms with E-state index in [1.165, 1.54) is 17.0 Å². The lowest BCUT2D eigenvalue weighted by Crippen LogP contribution is -2.54. The first kappa shape index (κ1) is 31.9. The second kappa shape index (κ2) is 14.4. The molecular formula is C32H37Cl2N3O4S. The van der Waals surface area contributed by atoms with E-state index < -0.39 is 28.5 Å². The fourth-order valence-corrected chi connectivity index (χ4v) is 6.98. The highest BCUT2D eigenvalue weighted by Crippen LogP contribution is 2.27. The van der Waals surface area contributed by atoms with Crippen molar-refractivity contribution in [3.05, 3.63) is 94.0 Å². The third kappa shape index (κ3) is 7.85. The Morgan fingerprint density at radius 3 is 2.19 bits per heavy atom. The van der Waals surface area contributed by atoms with Crippen molar-refractivity contribution in [1.29, 1.82) is 0 Å². The smallest absolute Gasteiger partial charge is 0.264 e. The van der Waals surface area contributed by atoms with Gasteiger partial charge in [0.05, 0.1) is 10.6 Å². The minimum absolute atomic E-state index is 0.0497. The topological polar surface area (TPSA) is 86.8 Å². The molecule has 3 aromatic carbocycles. The molecule has 0 spiro atoms. The summed E-state index contributed by atoms with van der Waals surface area (Å²) in [6, 6.07) is 19.1. The lowest BCUT2D eigenvalue weighted by atomic mass is 9.95. The van der Waals surface area contributed by atoms with Gasteiger partial charge in [0.25, 0.3) is 10.0 Å². The van der Waals surface area contributed by atoms with Crippen LogP contribution in [0, 0.1) is 6.92 Å². The van der Waals surface area contributed by atoms with E-state index in [-0.39, 0.29) is 29.1 Å². The van der Waals surface area contributed by atoms with E-state index in [1.807, 2.05) is 19.9 Å². The normalized spacial score (nSPS) is 14.7. The maximum atomic E-state index is 14.2. The molecule has 4 rings (SSSR count). The predicted molar refractivity (Wildman–Crippen MR) is 168 cm³/mol. The van der Waals surface area contributed by atoms with Crippen LogP contribution < -0.4 is 9.62 Å². The number of anilines is 1.